The van der Waals surface area contributed by atoms with Gasteiger partial charge in [0, 0.05) is 36.1 Å². The van der Waals surface area contributed by atoms with E-state index in [4.69, 9.17) is 22.7 Å². The third-order valence-electron chi connectivity index (χ3n) is 6.35. The lowest BCUT2D eigenvalue weighted by molar-refractivity contribution is -0.114. The van der Waals surface area contributed by atoms with Crippen LogP contribution >= 0.6 is 11.6 Å². The Balaban J connectivity index is 1.57. The monoisotopic (exact) mass is 462 g/mol. The molecule has 2 aliphatic carbocycles. The van der Waals surface area contributed by atoms with Crippen LogP contribution in [0.1, 0.15) is 51.9 Å². The van der Waals surface area contributed by atoms with Crippen LogP contribution in [0.3, 0.4) is 0 Å². The summed E-state index contributed by atoms with van der Waals surface area (Å²) >= 11 is 6.10. The Morgan fingerprint density at radius 3 is 2.75 bits per heavy atom. The van der Waals surface area contributed by atoms with Gasteiger partial charge in [0.15, 0.2) is 5.97 Å². The number of hydrogen-bond donors (Lipinski definition) is 5. The van der Waals surface area contributed by atoms with Crippen molar-refractivity contribution in [1.29, 1.82) is 5.41 Å². The Kier molecular flexibility index (Phi) is 8.12. The molecular formula is C23H32ClFN6O. The fourth-order valence-electron chi connectivity index (χ4n) is 4.24. The number of hydrogen-bond acceptors (Lipinski definition) is 5. The van der Waals surface area contributed by atoms with Crippen molar-refractivity contribution in [2.75, 3.05) is 0 Å². The summed E-state index contributed by atoms with van der Waals surface area (Å²) in [6, 6.07) is -0.0601. The molecule has 0 aromatic heterocycles. The molecular weight excluding hydrogens is 431 g/mol. The quantitative estimate of drug-likeness (QED) is 0.165. The van der Waals surface area contributed by atoms with E-state index in [0.717, 1.165) is 44.2 Å². The number of carbonyl (C=O) groups excluding carboxylic acids is 1. The molecule has 174 valence electrons. The number of halogens is 2. The number of primary amides is 1. The van der Waals surface area contributed by atoms with Gasteiger partial charge in [-0.1, -0.05) is 19.1 Å². The maximum Gasteiger partial charge on any atom is 0.253 e. The van der Waals surface area contributed by atoms with Crippen LogP contribution in [0, 0.1) is 5.41 Å². The van der Waals surface area contributed by atoms with E-state index in [-0.39, 0.29) is 28.7 Å². The molecule has 1 aliphatic heterocycles. The van der Waals surface area contributed by atoms with Crippen LogP contribution in [0.15, 0.2) is 53.0 Å². The van der Waals surface area contributed by atoms with Crippen LogP contribution in [0.5, 0.6) is 0 Å². The first kappa shape index (κ1) is 24.0. The predicted molar refractivity (Wildman–Crippen MR) is 127 cm³/mol. The zero-order valence-electron chi connectivity index (χ0n) is 18.3. The minimum absolute atomic E-state index is 0.0306. The van der Waals surface area contributed by atoms with Crippen molar-refractivity contribution >= 4 is 29.3 Å². The molecule has 9 heteroatoms. The Morgan fingerprint density at radius 1 is 1.41 bits per heavy atom. The molecule has 0 radical (unpaired) electrons. The van der Waals surface area contributed by atoms with Crippen molar-refractivity contribution < 1.29 is 9.18 Å². The lowest BCUT2D eigenvalue weighted by Crippen LogP contribution is -2.49. The van der Waals surface area contributed by atoms with Crippen molar-refractivity contribution in [3.63, 3.8) is 0 Å². The average molecular weight is 463 g/mol. The van der Waals surface area contributed by atoms with Crippen molar-refractivity contribution in [3.05, 3.63) is 48.0 Å². The van der Waals surface area contributed by atoms with Crippen LogP contribution in [0.2, 0.25) is 0 Å². The topological polar surface area (TPSA) is 115 Å². The maximum atomic E-state index is 13.4. The van der Waals surface area contributed by atoms with Crippen LogP contribution in [-0.2, 0) is 4.79 Å². The number of rotatable bonds is 8. The molecule has 0 spiro atoms. The van der Waals surface area contributed by atoms with Gasteiger partial charge in [0.25, 0.3) is 5.91 Å². The number of aliphatic imine (C=N–C) groups is 1. The fourth-order valence-corrected chi connectivity index (χ4v) is 4.40. The molecule has 0 saturated heterocycles. The van der Waals surface area contributed by atoms with E-state index in [2.05, 4.69) is 33.9 Å². The number of nitrogens with one attached hydrogen (secondary N) is 4. The number of amides is 1. The zero-order valence-corrected chi connectivity index (χ0v) is 19.1. The largest absolute Gasteiger partial charge is 0.385 e. The molecule has 7 nitrogen and oxygen atoms in total. The van der Waals surface area contributed by atoms with Crippen LogP contribution in [-0.4, -0.2) is 40.7 Å². The van der Waals surface area contributed by atoms with E-state index >= 15 is 0 Å². The van der Waals surface area contributed by atoms with Gasteiger partial charge in [-0.05, 0) is 50.7 Å². The van der Waals surface area contributed by atoms with Gasteiger partial charge in [0.2, 0.25) is 0 Å². The van der Waals surface area contributed by atoms with Crippen molar-refractivity contribution in [2.45, 2.75) is 74.9 Å². The Hall–Kier alpha value is -2.61. The van der Waals surface area contributed by atoms with Gasteiger partial charge in [0.1, 0.15) is 5.84 Å². The SMILES string of the molecule is CCC1(N/C=C(\C(=N)NC2C=CN=C(F)C2)C(N)=O)CCC(NC2=CCC(Cl)C=C2)CC1. The molecule has 1 fully saturated rings. The van der Waals surface area contributed by atoms with E-state index < -0.39 is 17.9 Å². The van der Waals surface area contributed by atoms with E-state index in [9.17, 15) is 9.18 Å². The number of nitrogens with zero attached hydrogens (tertiary/aromatic N) is 1. The number of carbonyl (C=O) groups is 1. The number of amidine groups is 1. The van der Waals surface area contributed by atoms with Crippen molar-refractivity contribution in [2.24, 2.45) is 10.7 Å². The standard InChI is InChI=1S/C23H32ClFN6O/c1-2-23(10-7-17(8-11-23)30-16-5-3-15(24)4-6-16)29-14-19(22(27)32)21(26)31-18-9-12-28-20(25)13-18/h3,5-6,9,12,14-15,17-18,29-30H,2,4,7-8,10-11,13H2,1H3,(H2,26,31)(H2,27,32)/b19-14+. The van der Waals surface area contributed by atoms with Gasteiger partial charge in [-0.3, -0.25) is 10.2 Å². The molecule has 3 rings (SSSR count). The smallest absolute Gasteiger partial charge is 0.253 e. The lowest BCUT2D eigenvalue weighted by Gasteiger charge is -2.41. The summed E-state index contributed by atoms with van der Waals surface area (Å²) in [5.41, 5.74) is 6.53. The average Bonchev–Trinajstić information content (AvgIpc) is 2.76. The molecule has 0 bridgehead atoms. The number of nitrogens with two attached hydrogens (primary N) is 1. The van der Waals surface area contributed by atoms with Crippen LogP contribution < -0.4 is 21.7 Å². The van der Waals surface area contributed by atoms with Gasteiger partial charge in [0.05, 0.1) is 17.0 Å². The van der Waals surface area contributed by atoms with E-state index in [0.29, 0.717) is 6.04 Å². The number of allylic oxidation sites excluding steroid dienone is 3. The summed E-state index contributed by atoms with van der Waals surface area (Å²) in [5.74, 6) is -1.36. The first-order valence-electron chi connectivity index (χ1n) is 11.1. The molecule has 6 N–H and O–H groups in total. The van der Waals surface area contributed by atoms with Gasteiger partial charge in [-0.2, -0.15) is 4.39 Å². The molecule has 32 heavy (non-hydrogen) atoms. The summed E-state index contributed by atoms with van der Waals surface area (Å²) in [4.78, 5) is 15.5. The minimum Gasteiger partial charge on any atom is -0.385 e. The number of alkyl halides is 1. The molecule has 0 aromatic carbocycles. The third kappa shape index (κ3) is 6.45. The molecule has 2 atom stereocenters. The van der Waals surface area contributed by atoms with E-state index in [1.54, 1.807) is 12.3 Å². The first-order chi connectivity index (χ1) is 15.3. The fraction of sp³-hybridized carbons (Fsp3) is 0.522. The Bertz CT molecular complexity index is 870. The summed E-state index contributed by atoms with van der Waals surface area (Å²) in [6.07, 6.45) is 16.3. The van der Waals surface area contributed by atoms with Crippen LogP contribution in [0.4, 0.5) is 4.39 Å². The Labute approximate surface area is 193 Å². The minimum atomic E-state index is -0.709. The van der Waals surface area contributed by atoms with Gasteiger partial charge in [-0.15, -0.1) is 11.6 Å². The van der Waals surface area contributed by atoms with Crippen molar-refractivity contribution in [3.8, 4) is 0 Å². The van der Waals surface area contributed by atoms with Crippen molar-refractivity contribution in [1.82, 2.24) is 16.0 Å². The first-order valence-corrected chi connectivity index (χ1v) is 11.5. The maximum absolute atomic E-state index is 13.4. The molecule has 1 amide bonds. The molecule has 1 saturated carbocycles. The highest BCUT2D eigenvalue weighted by Crippen LogP contribution is 2.32. The highest BCUT2D eigenvalue weighted by molar-refractivity contribution is 6.22. The molecule has 1 heterocycles. The Morgan fingerprint density at radius 2 is 2.16 bits per heavy atom. The van der Waals surface area contributed by atoms with Gasteiger partial charge < -0.3 is 21.7 Å². The summed E-state index contributed by atoms with van der Waals surface area (Å²) in [5, 5.41) is 18.2. The normalized spacial score (nSPS) is 30.2. The third-order valence-corrected chi connectivity index (χ3v) is 6.67. The lowest BCUT2D eigenvalue weighted by atomic mass is 9.77. The highest BCUT2D eigenvalue weighted by atomic mass is 35.5. The van der Waals surface area contributed by atoms with E-state index in [1.165, 1.54) is 6.20 Å². The second kappa shape index (κ2) is 10.8. The summed E-state index contributed by atoms with van der Waals surface area (Å²) < 4.78 is 13.4. The van der Waals surface area contributed by atoms with Crippen LogP contribution in [0.25, 0.3) is 0 Å². The summed E-state index contributed by atoms with van der Waals surface area (Å²) in [6.45, 7) is 2.12. The van der Waals surface area contributed by atoms with Gasteiger partial charge in [-0.25, -0.2) is 4.99 Å². The van der Waals surface area contributed by atoms with Gasteiger partial charge >= 0.3 is 0 Å². The summed E-state index contributed by atoms with van der Waals surface area (Å²) in [7, 11) is 0. The zero-order chi connectivity index (χ0) is 23.1. The second-order valence-electron chi connectivity index (χ2n) is 8.57. The predicted octanol–water partition coefficient (Wildman–Crippen LogP) is 3.30. The highest BCUT2D eigenvalue weighted by Gasteiger charge is 2.33. The molecule has 0 aromatic rings. The molecule has 2 unspecified atom stereocenters. The molecule has 3 aliphatic rings. The van der Waals surface area contributed by atoms with E-state index in [1.807, 2.05) is 12.2 Å². The second-order valence-corrected chi connectivity index (χ2v) is 9.13.